The minimum absolute atomic E-state index is 0.0753. The number of benzene rings is 1. The van der Waals surface area contributed by atoms with E-state index in [1.54, 1.807) is 0 Å². The summed E-state index contributed by atoms with van der Waals surface area (Å²) in [5, 5.41) is 15.6. The third-order valence-electron chi connectivity index (χ3n) is 4.18. The number of hydrogen-bond donors (Lipinski definition) is 3. The van der Waals surface area contributed by atoms with E-state index in [2.05, 4.69) is 17.4 Å². The molecule has 0 aromatic heterocycles. The standard InChI is InChI=1S/C15H23N3O/c1-11(12-8-5-9-12)17-10-14(15(16)18-19)13-6-3-2-4-7-13/h2-4,6-7,11-12,14,17,19H,5,8-10H2,1H3,(H2,16,18). The van der Waals surface area contributed by atoms with Gasteiger partial charge in [0.05, 0.1) is 5.92 Å². The summed E-state index contributed by atoms with van der Waals surface area (Å²) in [6.45, 7) is 2.93. The summed E-state index contributed by atoms with van der Waals surface area (Å²) in [5.41, 5.74) is 6.89. The second-order valence-electron chi connectivity index (χ2n) is 5.38. The first-order chi connectivity index (χ1) is 9.22. The highest BCUT2D eigenvalue weighted by Crippen LogP contribution is 2.29. The van der Waals surface area contributed by atoms with E-state index in [0.717, 1.165) is 11.5 Å². The van der Waals surface area contributed by atoms with Crippen molar-refractivity contribution in [3.8, 4) is 0 Å². The largest absolute Gasteiger partial charge is 0.409 e. The molecular formula is C15H23N3O. The minimum atomic E-state index is -0.0753. The number of oxime groups is 1. The smallest absolute Gasteiger partial charge is 0.147 e. The Kier molecular flexibility index (Phi) is 4.80. The van der Waals surface area contributed by atoms with Crippen LogP contribution in [0, 0.1) is 5.92 Å². The summed E-state index contributed by atoms with van der Waals surface area (Å²) < 4.78 is 0. The van der Waals surface area contributed by atoms with Crippen LogP contribution in [0.1, 0.15) is 37.7 Å². The Balaban J connectivity index is 1.98. The molecular weight excluding hydrogens is 238 g/mol. The number of nitrogens with two attached hydrogens (primary N) is 1. The van der Waals surface area contributed by atoms with Crippen LogP contribution in [-0.2, 0) is 0 Å². The number of nitrogens with one attached hydrogen (secondary N) is 1. The Morgan fingerprint density at radius 3 is 2.63 bits per heavy atom. The van der Waals surface area contributed by atoms with E-state index in [1.165, 1.54) is 19.3 Å². The van der Waals surface area contributed by atoms with Gasteiger partial charge in [0.1, 0.15) is 5.84 Å². The van der Waals surface area contributed by atoms with Crippen molar-refractivity contribution in [3.05, 3.63) is 35.9 Å². The molecule has 2 atom stereocenters. The third-order valence-corrected chi connectivity index (χ3v) is 4.18. The van der Waals surface area contributed by atoms with Crippen molar-refractivity contribution in [1.29, 1.82) is 0 Å². The fourth-order valence-corrected chi connectivity index (χ4v) is 2.56. The van der Waals surface area contributed by atoms with E-state index in [0.29, 0.717) is 12.6 Å². The summed E-state index contributed by atoms with van der Waals surface area (Å²) in [6, 6.07) is 10.4. The molecule has 0 aliphatic heterocycles. The van der Waals surface area contributed by atoms with Crippen molar-refractivity contribution >= 4 is 5.84 Å². The lowest BCUT2D eigenvalue weighted by molar-refractivity contribution is 0.240. The van der Waals surface area contributed by atoms with E-state index in [1.807, 2.05) is 30.3 Å². The van der Waals surface area contributed by atoms with Crippen LogP contribution in [0.4, 0.5) is 0 Å². The SMILES string of the molecule is CC(NCC(/C(N)=N/O)c1ccccc1)C1CCC1. The first-order valence-electron chi connectivity index (χ1n) is 6.98. The molecule has 4 nitrogen and oxygen atoms in total. The van der Waals surface area contributed by atoms with Crippen molar-refractivity contribution in [2.45, 2.75) is 38.1 Å². The van der Waals surface area contributed by atoms with Crippen molar-refractivity contribution in [3.63, 3.8) is 0 Å². The molecule has 104 valence electrons. The van der Waals surface area contributed by atoms with Crippen LogP contribution in [-0.4, -0.2) is 23.6 Å². The van der Waals surface area contributed by atoms with E-state index in [-0.39, 0.29) is 11.8 Å². The van der Waals surface area contributed by atoms with Gasteiger partial charge < -0.3 is 16.3 Å². The monoisotopic (exact) mass is 261 g/mol. The Hall–Kier alpha value is -1.55. The average Bonchev–Trinajstić information content (AvgIpc) is 2.37. The normalized spacial score (nSPS) is 19.7. The van der Waals surface area contributed by atoms with Crippen molar-refractivity contribution in [2.75, 3.05) is 6.54 Å². The van der Waals surface area contributed by atoms with Gasteiger partial charge in [-0.1, -0.05) is 41.9 Å². The predicted octanol–water partition coefficient (Wildman–Crippen LogP) is 2.29. The van der Waals surface area contributed by atoms with Crippen LogP contribution in [0.3, 0.4) is 0 Å². The highest BCUT2D eigenvalue weighted by molar-refractivity contribution is 5.87. The van der Waals surface area contributed by atoms with Gasteiger partial charge in [0.15, 0.2) is 0 Å². The summed E-state index contributed by atoms with van der Waals surface area (Å²) in [7, 11) is 0. The molecule has 0 amide bonds. The fourth-order valence-electron chi connectivity index (χ4n) is 2.56. The molecule has 4 heteroatoms. The van der Waals surface area contributed by atoms with E-state index in [4.69, 9.17) is 10.9 Å². The molecule has 1 aliphatic carbocycles. The molecule has 1 fully saturated rings. The molecule has 0 radical (unpaired) electrons. The molecule has 1 aromatic carbocycles. The second-order valence-corrected chi connectivity index (χ2v) is 5.38. The summed E-state index contributed by atoms with van der Waals surface area (Å²) in [4.78, 5) is 0. The van der Waals surface area contributed by atoms with Gasteiger partial charge in [0, 0.05) is 12.6 Å². The zero-order valence-corrected chi connectivity index (χ0v) is 11.4. The van der Waals surface area contributed by atoms with Gasteiger partial charge in [-0.3, -0.25) is 0 Å². The molecule has 0 bridgehead atoms. The first kappa shape index (κ1) is 13.9. The minimum Gasteiger partial charge on any atom is -0.409 e. The van der Waals surface area contributed by atoms with Gasteiger partial charge in [-0.05, 0) is 31.2 Å². The molecule has 0 saturated heterocycles. The van der Waals surface area contributed by atoms with Crippen molar-refractivity contribution in [1.82, 2.24) is 5.32 Å². The van der Waals surface area contributed by atoms with Crippen LogP contribution in [0.2, 0.25) is 0 Å². The van der Waals surface area contributed by atoms with Crippen LogP contribution < -0.4 is 11.1 Å². The fraction of sp³-hybridized carbons (Fsp3) is 0.533. The number of nitrogens with zero attached hydrogens (tertiary/aromatic N) is 1. The van der Waals surface area contributed by atoms with E-state index >= 15 is 0 Å². The van der Waals surface area contributed by atoms with Crippen LogP contribution in [0.25, 0.3) is 0 Å². The van der Waals surface area contributed by atoms with Crippen LogP contribution in [0.15, 0.2) is 35.5 Å². The second kappa shape index (κ2) is 6.57. The molecule has 2 unspecified atom stereocenters. The summed E-state index contributed by atoms with van der Waals surface area (Å²) in [6.07, 6.45) is 3.97. The van der Waals surface area contributed by atoms with Crippen molar-refractivity contribution in [2.24, 2.45) is 16.8 Å². The van der Waals surface area contributed by atoms with Gasteiger partial charge in [-0.25, -0.2) is 0 Å². The maximum Gasteiger partial charge on any atom is 0.147 e. The number of rotatable bonds is 6. The molecule has 0 heterocycles. The number of amidine groups is 1. The number of hydrogen-bond acceptors (Lipinski definition) is 3. The Morgan fingerprint density at radius 2 is 2.11 bits per heavy atom. The zero-order chi connectivity index (χ0) is 13.7. The Morgan fingerprint density at radius 1 is 1.42 bits per heavy atom. The van der Waals surface area contributed by atoms with E-state index in [9.17, 15) is 0 Å². The maximum atomic E-state index is 8.93. The summed E-state index contributed by atoms with van der Waals surface area (Å²) in [5.74, 6) is 0.969. The predicted molar refractivity (Wildman–Crippen MR) is 77.4 cm³/mol. The maximum absolute atomic E-state index is 8.93. The van der Waals surface area contributed by atoms with Crippen LogP contribution in [0.5, 0.6) is 0 Å². The van der Waals surface area contributed by atoms with Crippen LogP contribution >= 0.6 is 0 Å². The van der Waals surface area contributed by atoms with Crippen molar-refractivity contribution < 1.29 is 5.21 Å². The highest BCUT2D eigenvalue weighted by atomic mass is 16.4. The van der Waals surface area contributed by atoms with Gasteiger partial charge in [-0.15, -0.1) is 0 Å². The first-order valence-corrected chi connectivity index (χ1v) is 6.98. The quantitative estimate of drug-likeness (QED) is 0.318. The molecule has 19 heavy (non-hydrogen) atoms. The molecule has 2 rings (SSSR count). The lowest BCUT2D eigenvalue weighted by atomic mass is 9.80. The Labute approximate surface area is 114 Å². The van der Waals surface area contributed by atoms with Gasteiger partial charge in [0.25, 0.3) is 0 Å². The van der Waals surface area contributed by atoms with E-state index < -0.39 is 0 Å². The topological polar surface area (TPSA) is 70.6 Å². The lowest BCUT2D eigenvalue weighted by Crippen LogP contribution is -2.41. The summed E-state index contributed by atoms with van der Waals surface area (Å²) >= 11 is 0. The lowest BCUT2D eigenvalue weighted by Gasteiger charge is -2.33. The average molecular weight is 261 g/mol. The molecule has 4 N–H and O–H groups in total. The van der Waals surface area contributed by atoms with Gasteiger partial charge in [0.2, 0.25) is 0 Å². The molecule has 0 spiro atoms. The molecule has 1 saturated carbocycles. The zero-order valence-electron chi connectivity index (χ0n) is 11.4. The van der Waals surface area contributed by atoms with Gasteiger partial charge >= 0.3 is 0 Å². The highest BCUT2D eigenvalue weighted by Gasteiger charge is 2.25. The van der Waals surface area contributed by atoms with Gasteiger partial charge in [-0.2, -0.15) is 0 Å². The third kappa shape index (κ3) is 3.47. The Bertz CT molecular complexity index is 415. The molecule has 1 aromatic rings. The molecule has 1 aliphatic rings.